The minimum Gasteiger partial charge on any atom is -0.360 e. The molecule has 0 radical (unpaired) electrons. The lowest BCUT2D eigenvalue weighted by atomic mass is 10.1. The number of carbonyl (C=O) groups excluding carboxylic acids is 1. The van der Waals surface area contributed by atoms with Crippen LogP contribution < -0.4 is 0 Å². The van der Waals surface area contributed by atoms with E-state index in [0.717, 1.165) is 29.3 Å². The molecule has 1 aliphatic rings. The van der Waals surface area contributed by atoms with Crippen LogP contribution in [-0.2, 0) is 0 Å². The van der Waals surface area contributed by atoms with Crippen molar-refractivity contribution in [2.45, 2.75) is 12.8 Å². The second-order valence-electron chi connectivity index (χ2n) is 4.00. The summed E-state index contributed by atoms with van der Waals surface area (Å²) in [5.74, 6) is 0.467. The van der Waals surface area contributed by atoms with Crippen molar-refractivity contribution in [3.63, 3.8) is 0 Å². The molecule has 0 atom stereocenters. The van der Waals surface area contributed by atoms with Crippen molar-refractivity contribution in [2.24, 2.45) is 5.92 Å². The maximum Gasteiger partial charge on any atom is 0.168 e. The van der Waals surface area contributed by atoms with E-state index in [1.807, 2.05) is 18.2 Å². The van der Waals surface area contributed by atoms with E-state index in [1.54, 1.807) is 6.20 Å². The molecule has 0 spiro atoms. The fraction of sp³-hybridized carbons (Fsp3) is 0.250. The van der Waals surface area contributed by atoms with Gasteiger partial charge in [0.25, 0.3) is 0 Å². The highest BCUT2D eigenvalue weighted by Gasteiger charge is 2.32. The van der Waals surface area contributed by atoms with Gasteiger partial charge in [-0.1, -0.05) is 17.7 Å². The predicted octanol–water partition coefficient (Wildman–Crippen LogP) is 3.41. The summed E-state index contributed by atoms with van der Waals surface area (Å²) < 4.78 is 0. The summed E-state index contributed by atoms with van der Waals surface area (Å²) >= 11 is 6.10. The highest BCUT2D eigenvalue weighted by molar-refractivity contribution is 6.37. The third kappa shape index (κ3) is 1.37. The van der Waals surface area contributed by atoms with E-state index in [4.69, 9.17) is 11.6 Å². The minimum atomic E-state index is 0.231. The van der Waals surface area contributed by atoms with Crippen LogP contribution in [0.2, 0.25) is 5.02 Å². The van der Waals surface area contributed by atoms with Crippen molar-refractivity contribution < 1.29 is 4.79 Å². The number of H-pyrrole nitrogens is 1. The number of benzene rings is 1. The van der Waals surface area contributed by atoms with Crippen LogP contribution in [0.25, 0.3) is 10.9 Å². The molecule has 0 unspecified atom stereocenters. The lowest BCUT2D eigenvalue weighted by Crippen LogP contribution is -1.99. The number of rotatable bonds is 2. The molecule has 1 aliphatic carbocycles. The second kappa shape index (κ2) is 3.11. The van der Waals surface area contributed by atoms with Gasteiger partial charge in [-0.25, -0.2) is 0 Å². The largest absolute Gasteiger partial charge is 0.360 e. The molecule has 0 bridgehead atoms. The molecule has 3 rings (SSSR count). The molecule has 1 saturated carbocycles. The summed E-state index contributed by atoms with van der Waals surface area (Å²) in [5.41, 5.74) is 1.68. The fourth-order valence-electron chi connectivity index (χ4n) is 1.90. The first-order valence-corrected chi connectivity index (χ1v) is 5.45. The van der Waals surface area contributed by atoms with Gasteiger partial charge < -0.3 is 4.98 Å². The summed E-state index contributed by atoms with van der Waals surface area (Å²) in [6.45, 7) is 0. The van der Waals surface area contributed by atoms with Crippen LogP contribution in [0.1, 0.15) is 23.2 Å². The second-order valence-corrected chi connectivity index (χ2v) is 4.41. The van der Waals surface area contributed by atoms with Gasteiger partial charge in [0.05, 0.1) is 5.02 Å². The van der Waals surface area contributed by atoms with Crippen LogP contribution in [0.4, 0.5) is 0 Å². The van der Waals surface area contributed by atoms with Crippen molar-refractivity contribution in [3.05, 3.63) is 35.0 Å². The van der Waals surface area contributed by atoms with Crippen LogP contribution >= 0.6 is 11.6 Å². The third-order valence-electron chi connectivity index (χ3n) is 2.87. The molecule has 2 nitrogen and oxygen atoms in total. The maximum atomic E-state index is 12.0. The van der Waals surface area contributed by atoms with Crippen molar-refractivity contribution in [3.8, 4) is 0 Å². The summed E-state index contributed by atoms with van der Waals surface area (Å²) in [6, 6.07) is 5.64. The Kier molecular flexibility index (Phi) is 1.86. The molecule has 1 heterocycles. The number of halogens is 1. The number of ketones is 1. The van der Waals surface area contributed by atoms with Crippen LogP contribution in [0.15, 0.2) is 24.4 Å². The Labute approximate surface area is 92.2 Å². The van der Waals surface area contributed by atoms with Gasteiger partial charge in [-0.2, -0.15) is 0 Å². The van der Waals surface area contributed by atoms with Gasteiger partial charge in [-0.3, -0.25) is 4.79 Å². The molecule has 0 saturated heterocycles. The lowest BCUT2D eigenvalue weighted by Gasteiger charge is -1.98. The van der Waals surface area contributed by atoms with E-state index in [9.17, 15) is 4.79 Å². The molecule has 0 aliphatic heterocycles. The van der Waals surface area contributed by atoms with E-state index in [-0.39, 0.29) is 11.7 Å². The van der Waals surface area contributed by atoms with Crippen molar-refractivity contribution in [1.29, 1.82) is 0 Å². The number of aromatic amines is 1. The van der Waals surface area contributed by atoms with Crippen LogP contribution in [0.5, 0.6) is 0 Å². The highest BCUT2D eigenvalue weighted by Crippen LogP contribution is 2.36. The maximum absolute atomic E-state index is 12.0. The number of aromatic nitrogens is 1. The van der Waals surface area contributed by atoms with Gasteiger partial charge in [0.2, 0.25) is 0 Å². The molecule has 2 aromatic rings. The molecule has 1 aromatic heterocycles. The molecular formula is C12H10ClNO. The Morgan fingerprint density at radius 2 is 2.20 bits per heavy atom. The zero-order chi connectivity index (χ0) is 10.4. The summed E-state index contributed by atoms with van der Waals surface area (Å²) in [6.07, 6.45) is 3.82. The van der Waals surface area contributed by atoms with Crippen LogP contribution in [-0.4, -0.2) is 10.8 Å². The quantitative estimate of drug-likeness (QED) is 0.772. The van der Waals surface area contributed by atoms with E-state index >= 15 is 0 Å². The van der Waals surface area contributed by atoms with Gasteiger partial charge in [0.15, 0.2) is 5.78 Å². The smallest absolute Gasteiger partial charge is 0.168 e. The Morgan fingerprint density at radius 3 is 2.93 bits per heavy atom. The first-order chi connectivity index (χ1) is 7.27. The zero-order valence-electron chi connectivity index (χ0n) is 8.09. The van der Waals surface area contributed by atoms with Crippen LogP contribution in [0.3, 0.4) is 0 Å². The van der Waals surface area contributed by atoms with Crippen molar-refractivity contribution >= 4 is 28.3 Å². The summed E-state index contributed by atoms with van der Waals surface area (Å²) in [5, 5.41) is 1.52. The van der Waals surface area contributed by atoms with Crippen molar-refractivity contribution in [2.75, 3.05) is 0 Å². The van der Waals surface area contributed by atoms with Crippen LogP contribution in [0, 0.1) is 5.92 Å². The predicted molar refractivity (Wildman–Crippen MR) is 60.4 cm³/mol. The topological polar surface area (TPSA) is 32.9 Å². The Bertz CT molecular complexity index is 540. The molecular weight excluding hydrogens is 210 g/mol. The third-order valence-corrected chi connectivity index (χ3v) is 3.18. The Hall–Kier alpha value is -1.28. The first kappa shape index (κ1) is 8.98. The molecule has 0 amide bonds. The van der Waals surface area contributed by atoms with Gasteiger partial charge in [0.1, 0.15) is 0 Å². The van der Waals surface area contributed by atoms with Gasteiger partial charge in [0, 0.05) is 28.6 Å². The standard InChI is InChI=1S/C12H10ClNO/c13-9-2-1-3-10-11(9)8(6-14-10)12(15)7-4-5-7/h1-3,6-7,14H,4-5H2. The Morgan fingerprint density at radius 1 is 1.40 bits per heavy atom. The SMILES string of the molecule is O=C(c1c[nH]c2cccc(Cl)c12)C1CC1. The molecule has 1 fully saturated rings. The number of Topliss-reactive ketones (excluding diaryl/α,β-unsaturated/α-hetero) is 1. The molecule has 1 aromatic carbocycles. The number of nitrogens with one attached hydrogen (secondary N) is 1. The average molecular weight is 220 g/mol. The van der Waals surface area contributed by atoms with Crippen molar-refractivity contribution in [1.82, 2.24) is 4.98 Å². The Balaban J connectivity index is 2.22. The molecule has 76 valence electrons. The highest BCUT2D eigenvalue weighted by atomic mass is 35.5. The monoisotopic (exact) mass is 219 g/mol. The van der Waals surface area contributed by atoms with E-state index in [2.05, 4.69) is 4.98 Å². The van der Waals surface area contributed by atoms with Gasteiger partial charge in [-0.05, 0) is 25.0 Å². The zero-order valence-corrected chi connectivity index (χ0v) is 8.84. The van der Waals surface area contributed by atoms with E-state index in [0.29, 0.717) is 5.02 Å². The fourth-order valence-corrected chi connectivity index (χ4v) is 2.18. The summed E-state index contributed by atoms with van der Waals surface area (Å²) in [7, 11) is 0. The number of fused-ring (bicyclic) bond motifs is 1. The normalized spacial score (nSPS) is 15.8. The minimum absolute atomic E-state index is 0.231. The average Bonchev–Trinajstić information content (AvgIpc) is 2.98. The number of carbonyl (C=O) groups is 1. The number of hydrogen-bond donors (Lipinski definition) is 1. The summed E-state index contributed by atoms with van der Waals surface area (Å²) in [4.78, 5) is 15.0. The number of hydrogen-bond acceptors (Lipinski definition) is 1. The van der Waals surface area contributed by atoms with Gasteiger partial charge in [-0.15, -0.1) is 0 Å². The van der Waals surface area contributed by atoms with E-state index in [1.165, 1.54) is 0 Å². The molecule has 1 N–H and O–H groups in total. The molecule has 15 heavy (non-hydrogen) atoms. The van der Waals surface area contributed by atoms with Gasteiger partial charge >= 0.3 is 0 Å². The lowest BCUT2D eigenvalue weighted by molar-refractivity contribution is 0.0969. The first-order valence-electron chi connectivity index (χ1n) is 5.07. The molecule has 3 heteroatoms. The van der Waals surface area contributed by atoms with E-state index < -0.39 is 0 Å².